The molecule has 8 heteroatoms. The fourth-order valence-corrected chi connectivity index (χ4v) is 3.13. The van der Waals surface area contributed by atoms with E-state index in [1.54, 1.807) is 12.1 Å². The molecule has 1 aliphatic rings. The molecule has 2 N–H and O–H groups in total. The SMILES string of the molecule is CC(N)C(C)C(=O)N1CCCC(c2nc(-c3ccc(Cl)cc3)no2)C1.Cl. The average Bonchev–Trinajstić information content (AvgIpc) is 3.11. The molecule has 1 amide bonds. The Labute approximate surface area is 164 Å². The van der Waals surface area contributed by atoms with Gasteiger partial charge in [-0.05, 0) is 44.0 Å². The largest absolute Gasteiger partial charge is 0.342 e. The monoisotopic (exact) mass is 398 g/mol. The first kappa shape index (κ1) is 20.7. The molecule has 0 radical (unpaired) electrons. The third-order valence-corrected chi connectivity index (χ3v) is 5.06. The van der Waals surface area contributed by atoms with Crippen LogP contribution in [0, 0.1) is 5.92 Å². The highest BCUT2D eigenvalue weighted by Crippen LogP contribution is 2.28. The Morgan fingerprint density at radius 1 is 1.35 bits per heavy atom. The molecule has 2 aromatic rings. The number of amides is 1. The second-order valence-electron chi connectivity index (χ2n) is 6.73. The first-order valence-electron chi connectivity index (χ1n) is 8.59. The highest BCUT2D eigenvalue weighted by molar-refractivity contribution is 6.30. The quantitative estimate of drug-likeness (QED) is 0.851. The maximum absolute atomic E-state index is 12.5. The van der Waals surface area contributed by atoms with E-state index in [9.17, 15) is 4.79 Å². The van der Waals surface area contributed by atoms with E-state index in [-0.39, 0.29) is 36.2 Å². The molecule has 0 aliphatic carbocycles. The molecule has 3 rings (SSSR count). The van der Waals surface area contributed by atoms with Crippen LogP contribution in [-0.2, 0) is 4.79 Å². The number of carbonyl (C=O) groups is 1. The Morgan fingerprint density at radius 3 is 2.69 bits per heavy atom. The first-order chi connectivity index (χ1) is 12.0. The predicted octanol–water partition coefficient (Wildman–Crippen LogP) is 3.50. The van der Waals surface area contributed by atoms with E-state index in [1.165, 1.54) is 0 Å². The summed E-state index contributed by atoms with van der Waals surface area (Å²) in [6.45, 7) is 5.09. The molecule has 142 valence electrons. The molecule has 1 saturated heterocycles. The molecule has 6 nitrogen and oxygen atoms in total. The van der Waals surface area contributed by atoms with Crippen molar-refractivity contribution < 1.29 is 9.32 Å². The van der Waals surface area contributed by atoms with Gasteiger partial charge < -0.3 is 15.2 Å². The van der Waals surface area contributed by atoms with Crippen LogP contribution in [0.25, 0.3) is 11.4 Å². The van der Waals surface area contributed by atoms with Crippen LogP contribution >= 0.6 is 24.0 Å². The standard InChI is InChI=1S/C18H23ClN4O2.ClH/c1-11(12(2)20)18(24)23-9-3-4-14(10-23)17-21-16(22-25-17)13-5-7-15(19)8-6-13;/h5-8,11-12,14H,3-4,9-10,20H2,1-2H3;1H. The molecule has 0 saturated carbocycles. The lowest BCUT2D eigenvalue weighted by Gasteiger charge is -2.33. The molecule has 3 unspecified atom stereocenters. The number of likely N-dealkylation sites (tertiary alicyclic amines) is 1. The van der Waals surface area contributed by atoms with E-state index in [4.69, 9.17) is 21.9 Å². The summed E-state index contributed by atoms with van der Waals surface area (Å²) in [6.07, 6.45) is 1.85. The van der Waals surface area contributed by atoms with Crippen molar-refractivity contribution in [1.29, 1.82) is 0 Å². The Kier molecular flexibility index (Phi) is 7.03. The fourth-order valence-electron chi connectivity index (χ4n) is 3.01. The van der Waals surface area contributed by atoms with Gasteiger partial charge in [-0.3, -0.25) is 4.79 Å². The maximum Gasteiger partial charge on any atom is 0.231 e. The van der Waals surface area contributed by atoms with Crippen molar-refractivity contribution >= 4 is 29.9 Å². The maximum atomic E-state index is 12.5. The van der Waals surface area contributed by atoms with E-state index in [0.29, 0.717) is 23.3 Å². The fraction of sp³-hybridized carbons (Fsp3) is 0.500. The average molecular weight is 399 g/mol. The van der Waals surface area contributed by atoms with Crippen LogP contribution in [0.4, 0.5) is 0 Å². The van der Waals surface area contributed by atoms with Crippen molar-refractivity contribution in [3.05, 3.63) is 35.2 Å². The van der Waals surface area contributed by atoms with Gasteiger partial charge >= 0.3 is 0 Å². The normalized spacial score (nSPS) is 19.5. The molecule has 3 atom stereocenters. The van der Waals surface area contributed by atoms with Gasteiger partial charge in [0.05, 0.1) is 11.8 Å². The summed E-state index contributed by atoms with van der Waals surface area (Å²) in [4.78, 5) is 18.9. The summed E-state index contributed by atoms with van der Waals surface area (Å²) in [5.41, 5.74) is 6.73. The van der Waals surface area contributed by atoms with Gasteiger partial charge in [-0.15, -0.1) is 12.4 Å². The number of halogens is 2. The van der Waals surface area contributed by atoms with E-state index in [0.717, 1.165) is 24.9 Å². The van der Waals surface area contributed by atoms with Crippen molar-refractivity contribution in [3.8, 4) is 11.4 Å². The minimum Gasteiger partial charge on any atom is -0.342 e. The van der Waals surface area contributed by atoms with Crippen LogP contribution in [0.1, 0.15) is 38.5 Å². The Hall–Kier alpha value is -1.63. The lowest BCUT2D eigenvalue weighted by molar-refractivity contribution is -0.136. The highest BCUT2D eigenvalue weighted by atomic mass is 35.5. The minimum atomic E-state index is -0.189. The zero-order valence-corrected chi connectivity index (χ0v) is 16.5. The summed E-state index contributed by atoms with van der Waals surface area (Å²) in [5, 5.41) is 4.74. The number of rotatable bonds is 4. The van der Waals surface area contributed by atoms with Crippen molar-refractivity contribution in [1.82, 2.24) is 15.0 Å². The van der Waals surface area contributed by atoms with Gasteiger partial charge in [-0.2, -0.15) is 4.98 Å². The van der Waals surface area contributed by atoms with E-state index < -0.39 is 0 Å². The van der Waals surface area contributed by atoms with Crippen molar-refractivity contribution in [3.63, 3.8) is 0 Å². The number of aromatic nitrogens is 2. The number of hydrogen-bond donors (Lipinski definition) is 1. The first-order valence-corrected chi connectivity index (χ1v) is 8.97. The lowest BCUT2D eigenvalue weighted by Crippen LogP contribution is -2.45. The Morgan fingerprint density at radius 2 is 2.04 bits per heavy atom. The van der Waals surface area contributed by atoms with E-state index >= 15 is 0 Å². The van der Waals surface area contributed by atoms with Gasteiger partial charge in [0.1, 0.15) is 0 Å². The van der Waals surface area contributed by atoms with Gasteiger partial charge in [0.2, 0.25) is 17.6 Å². The Balaban J connectivity index is 0.00000243. The molecule has 0 bridgehead atoms. The minimum absolute atomic E-state index is 0. The predicted molar refractivity (Wildman–Crippen MR) is 103 cm³/mol. The van der Waals surface area contributed by atoms with E-state index in [1.807, 2.05) is 30.9 Å². The molecule has 1 aromatic heterocycles. The third-order valence-electron chi connectivity index (χ3n) is 4.80. The summed E-state index contributed by atoms with van der Waals surface area (Å²) >= 11 is 5.91. The number of piperidine rings is 1. The number of benzene rings is 1. The van der Waals surface area contributed by atoms with Crippen LogP contribution in [0.5, 0.6) is 0 Å². The second kappa shape index (κ2) is 8.84. The van der Waals surface area contributed by atoms with Crippen LogP contribution in [0.2, 0.25) is 5.02 Å². The number of nitrogens with zero attached hydrogens (tertiary/aromatic N) is 3. The molecule has 1 aliphatic heterocycles. The Bertz CT molecular complexity index is 733. The zero-order valence-electron chi connectivity index (χ0n) is 14.9. The summed E-state index contributed by atoms with van der Waals surface area (Å²) in [5.74, 6) is 1.09. The van der Waals surface area contributed by atoms with Gasteiger partial charge in [0.25, 0.3) is 0 Å². The second-order valence-corrected chi connectivity index (χ2v) is 7.17. The third kappa shape index (κ3) is 4.55. The highest BCUT2D eigenvalue weighted by Gasteiger charge is 2.31. The smallest absolute Gasteiger partial charge is 0.231 e. The van der Waals surface area contributed by atoms with Crippen molar-refractivity contribution in [2.24, 2.45) is 11.7 Å². The van der Waals surface area contributed by atoms with Crippen LogP contribution in [0.3, 0.4) is 0 Å². The molecule has 2 heterocycles. The molecule has 1 aromatic carbocycles. The molecule has 26 heavy (non-hydrogen) atoms. The lowest BCUT2D eigenvalue weighted by atomic mass is 9.95. The van der Waals surface area contributed by atoms with Gasteiger partial charge in [0, 0.05) is 29.7 Å². The summed E-state index contributed by atoms with van der Waals surface area (Å²) < 4.78 is 5.47. The molecule has 0 spiro atoms. The van der Waals surface area contributed by atoms with Gasteiger partial charge in [-0.25, -0.2) is 0 Å². The van der Waals surface area contributed by atoms with Crippen LogP contribution in [0.15, 0.2) is 28.8 Å². The zero-order chi connectivity index (χ0) is 18.0. The molecular weight excluding hydrogens is 375 g/mol. The topological polar surface area (TPSA) is 85.3 Å². The molecule has 1 fully saturated rings. The van der Waals surface area contributed by atoms with Gasteiger partial charge in [0.15, 0.2) is 0 Å². The summed E-state index contributed by atoms with van der Waals surface area (Å²) in [6, 6.07) is 7.15. The van der Waals surface area contributed by atoms with Gasteiger partial charge in [-0.1, -0.05) is 23.7 Å². The van der Waals surface area contributed by atoms with E-state index in [2.05, 4.69) is 10.1 Å². The number of carbonyl (C=O) groups excluding carboxylic acids is 1. The molecular formula is C18H24Cl2N4O2. The van der Waals surface area contributed by atoms with Crippen LogP contribution < -0.4 is 5.73 Å². The van der Waals surface area contributed by atoms with Crippen molar-refractivity contribution in [2.75, 3.05) is 13.1 Å². The van der Waals surface area contributed by atoms with Crippen molar-refractivity contribution in [2.45, 2.75) is 38.6 Å². The summed E-state index contributed by atoms with van der Waals surface area (Å²) in [7, 11) is 0. The van der Waals surface area contributed by atoms with Crippen LogP contribution in [-0.4, -0.2) is 40.1 Å². The number of hydrogen-bond acceptors (Lipinski definition) is 5. The number of nitrogens with two attached hydrogens (primary N) is 1.